The number of carbonyl (C=O) groups is 1. The highest BCUT2D eigenvalue weighted by atomic mass is 16.5. The fraction of sp³-hybridized carbons (Fsp3) is 0.345. The van der Waals surface area contributed by atoms with E-state index in [1.807, 2.05) is 62.4 Å². The molecular formula is C29H31N5O5. The average molecular weight is 530 g/mol. The second-order valence-electron chi connectivity index (χ2n) is 9.44. The molecule has 3 heterocycles. The molecule has 4 aromatic rings. The first-order valence-electron chi connectivity index (χ1n) is 13.2. The lowest BCUT2D eigenvalue weighted by Gasteiger charge is -2.27. The van der Waals surface area contributed by atoms with Gasteiger partial charge < -0.3 is 9.64 Å². The Hall–Kier alpha value is -4.31. The van der Waals surface area contributed by atoms with Gasteiger partial charge >= 0.3 is 5.76 Å². The summed E-state index contributed by atoms with van der Waals surface area (Å²) in [6, 6.07) is 15.4. The van der Waals surface area contributed by atoms with Gasteiger partial charge in [0.2, 0.25) is 0 Å². The van der Waals surface area contributed by atoms with Gasteiger partial charge in [0.05, 0.1) is 25.5 Å². The van der Waals surface area contributed by atoms with Gasteiger partial charge in [-0.15, -0.1) is 0 Å². The number of morpholine rings is 1. The molecule has 10 nitrogen and oxygen atoms in total. The molecule has 39 heavy (non-hydrogen) atoms. The van der Waals surface area contributed by atoms with Crippen molar-refractivity contribution >= 4 is 5.91 Å². The van der Waals surface area contributed by atoms with Crippen molar-refractivity contribution in [2.75, 3.05) is 26.3 Å². The maximum absolute atomic E-state index is 13.8. The van der Waals surface area contributed by atoms with Crippen molar-refractivity contribution in [2.24, 2.45) is 0 Å². The van der Waals surface area contributed by atoms with E-state index < -0.39 is 5.76 Å². The number of hydrogen-bond donors (Lipinski definition) is 1. The summed E-state index contributed by atoms with van der Waals surface area (Å²) in [6.45, 7) is 6.11. The summed E-state index contributed by atoms with van der Waals surface area (Å²) in [5.41, 5.74) is 3.85. The smallest absolute Gasteiger partial charge is 0.378 e. The molecule has 10 heteroatoms. The van der Waals surface area contributed by atoms with Crippen LogP contribution in [0.25, 0.3) is 22.5 Å². The van der Waals surface area contributed by atoms with Crippen LogP contribution >= 0.6 is 0 Å². The maximum Gasteiger partial charge on any atom is 0.439 e. The first kappa shape index (κ1) is 26.3. The number of carbonyl (C=O) groups excluding carboxylic acids is 1. The van der Waals surface area contributed by atoms with Gasteiger partial charge in [0.25, 0.3) is 11.5 Å². The summed E-state index contributed by atoms with van der Waals surface area (Å²) in [5, 5.41) is 3.83. The lowest BCUT2D eigenvalue weighted by atomic mass is 9.98. The SMILES string of the molecule is CCCc1nc(CC)c(C(=O)N2CCOCC2)c(=O)n1Cc1ccc(-c2ccccc2-c2noc(=O)[nH]2)cc1. The van der Waals surface area contributed by atoms with E-state index in [4.69, 9.17) is 9.72 Å². The minimum Gasteiger partial charge on any atom is -0.378 e. The zero-order valence-corrected chi connectivity index (χ0v) is 22.1. The summed E-state index contributed by atoms with van der Waals surface area (Å²) >= 11 is 0. The van der Waals surface area contributed by atoms with Crippen LogP contribution in [-0.2, 0) is 24.1 Å². The Balaban J connectivity index is 1.49. The second kappa shape index (κ2) is 11.6. The number of aryl methyl sites for hydroxylation is 2. The molecule has 1 saturated heterocycles. The van der Waals surface area contributed by atoms with Gasteiger partial charge in [-0.1, -0.05) is 67.5 Å². The highest BCUT2D eigenvalue weighted by molar-refractivity contribution is 5.95. The molecule has 2 aromatic heterocycles. The van der Waals surface area contributed by atoms with Gasteiger partial charge in [-0.3, -0.25) is 23.7 Å². The van der Waals surface area contributed by atoms with Crippen molar-refractivity contribution in [3.63, 3.8) is 0 Å². The largest absolute Gasteiger partial charge is 0.439 e. The summed E-state index contributed by atoms with van der Waals surface area (Å²) in [6.07, 6.45) is 1.96. The fourth-order valence-electron chi connectivity index (χ4n) is 4.88. The molecule has 1 aliphatic rings. The normalized spacial score (nSPS) is 13.5. The number of hydrogen-bond acceptors (Lipinski definition) is 7. The third kappa shape index (κ3) is 5.46. The van der Waals surface area contributed by atoms with E-state index in [1.54, 1.807) is 9.47 Å². The van der Waals surface area contributed by atoms with Crippen LogP contribution in [0, 0.1) is 0 Å². The molecular weight excluding hydrogens is 498 g/mol. The highest BCUT2D eigenvalue weighted by Crippen LogP contribution is 2.30. The van der Waals surface area contributed by atoms with Gasteiger partial charge in [0, 0.05) is 25.1 Å². The van der Waals surface area contributed by atoms with Gasteiger partial charge in [0.1, 0.15) is 11.4 Å². The summed E-state index contributed by atoms with van der Waals surface area (Å²) < 4.78 is 11.7. The topological polar surface area (TPSA) is 123 Å². The molecule has 1 fully saturated rings. The summed E-state index contributed by atoms with van der Waals surface area (Å²) in [5.74, 6) is 0.150. The van der Waals surface area contributed by atoms with Crippen LogP contribution in [-0.4, -0.2) is 56.8 Å². The maximum atomic E-state index is 13.8. The number of amides is 1. The van der Waals surface area contributed by atoms with Crippen molar-refractivity contribution in [2.45, 2.75) is 39.7 Å². The number of benzene rings is 2. The molecule has 202 valence electrons. The van der Waals surface area contributed by atoms with Gasteiger partial charge in [-0.2, -0.15) is 0 Å². The molecule has 1 N–H and O–H groups in total. The Morgan fingerprint density at radius 1 is 1.00 bits per heavy atom. The van der Waals surface area contributed by atoms with Crippen LogP contribution in [0.1, 0.15) is 47.7 Å². The number of rotatable bonds is 8. The molecule has 0 saturated carbocycles. The number of nitrogens with zero attached hydrogens (tertiary/aromatic N) is 4. The second-order valence-corrected chi connectivity index (χ2v) is 9.44. The number of H-pyrrole nitrogens is 1. The number of nitrogens with one attached hydrogen (secondary N) is 1. The Kier molecular flexibility index (Phi) is 7.83. The van der Waals surface area contributed by atoms with E-state index in [-0.39, 0.29) is 17.0 Å². The van der Waals surface area contributed by atoms with Crippen LogP contribution in [0.15, 0.2) is 62.6 Å². The Morgan fingerprint density at radius 2 is 1.72 bits per heavy atom. The van der Waals surface area contributed by atoms with Gasteiger partial charge in [0.15, 0.2) is 5.82 Å². The average Bonchev–Trinajstić information content (AvgIpc) is 3.41. The first-order chi connectivity index (χ1) is 19.0. The van der Waals surface area contributed by atoms with Crippen LogP contribution in [0.3, 0.4) is 0 Å². The Bertz CT molecular complexity index is 1580. The Labute approximate surface area is 225 Å². The molecule has 5 rings (SSSR count). The molecule has 0 unspecified atom stereocenters. The molecule has 0 aliphatic carbocycles. The van der Waals surface area contributed by atoms with Gasteiger partial charge in [-0.25, -0.2) is 9.78 Å². The summed E-state index contributed by atoms with van der Waals surface area (Å²) in [7, 11) is 0. The van der Waals surface area contributed by atoms with Crippen LogP contribution in [0.4, 0.5) is 0 Å². The third-order valence-electron chi connectivity index (χ3n) is 6.87. The van der Waals surface area contributed by atoms with E-state index in [9.17, 15) is 14.4 Å². The zero-order valence-electron chi connectivity index (χ0n) is 22.1. The molecule has 1 amide bonds. The van der Waals surface area contributed by atoms with Crippen molar-refractivity contribution in [1.82, 2.24) is 24.6 Å². The zero-order chi connectivity index (χ0) is 27.4. The van der Waals surface area contributed by atoms with E-state index in [0.717, 1.165) is 28.7 Å². The number of aromatic amines is 1. The van der Waals surface area contributed by atoms with E-state index in [2.05, 4.69) is 14.7 Å². The Morgan fingerprint density at radius 3 is 2.36 bits per heavy atom. The minimum atomic E-state index is -0.613. The van der Waals surface area contributed by atoms with Crippen LogP contribution in [0.5, 0.6) is 0 Å². The number of ether oxygens (including phenoxy) is 1. The lowest BCUT2D eigenvalue weighted by Crippen LogP contribution is -2.44. The predicted octanol–water partition coefficient (Wildman–Crippen LogP) is 3.29. The summed E-state index contributed by atoms with van der Waals surface area (Å²) in [4.78, 5) is 47.8. The van der Waals surface area contributed by atoms with Crippen LogP contribution in [0.2, 0.25) is 0 Å². The molecule has 0 bridgehead atoms. The molecule has 0 radical (unpaired) electrons. The molecule has 2 aromatic carbocycles. The highest BCUT2D eigenvalue weighted by Gasteiger charge is 2.27. The molecule has 1 aliphatic heterocycles. The standard InChI is InChI=1S/C29H31N5O5/c1-3-7-24-30-23(4-2)25(27(35)33-14-16-38-17-15-33)28(36)34(24)18-19-10-12-20(13-11-19)21-8-5-6-9-22(21)26-31-29(37)39-32-26/h5-6,8-13H,3-4,7,14-18H2,1-2H3,(H,31,32,37). The van der Waals surface area contributed by atoms with Crippen LogP contribution < -0.4 is 11.3 Å². The van der Waals surface area contributed by atoms with Crippen molar-refractivity contribution in [3.05, 3.63) is 92.1 Å². The third-order valence-corrected chi connectivity index (χ3v) is 6.87. The number of aromatic nitrogens is 4. The predicted molar refractivity (Wildman–Crippen MR) is 146 cm³/mol. The fourth-order valence-corrected chi connectivity index (χ4v) is 4.88. The van der Waals surface area contributed by atoms with E-state index in [0.29, 0.717) is 63.0 Å². The van der Waals surface area contributed by atoms with Gasteiger partial charge in [-0.05, 0) is 29.5 Å². The van der Waals surface area contributed by atoms with Crippen molar-refractivity contribution < 1.29 is 14.1 Å². The van der Waals surface area contributed by atoms with Crippen molar-refractivity contribution in [1.29, 1.82) is 0 Å². The quantitative estimate of drug-likeness (QED) is 0.372. The first-order valence-corrected chi connectivity index (χ1v) is 13.2. The lowest BCUT2D eigenvalue weighted by molar-refractivity contribution is 0.0300. The van der Waals surface area contributed by atoms with E-state index in [1.165, 1.54) is 0 Å². The minimum absolute atomic E-state index is 0.159. The molecule has 0 spiro atoms. The molecule has 0 atom stereocenters. The van der Waals surface area contributed by atoms with E-state index >= 15 is 0 Å². The van der Waals surface area contributed by atoms with Crippen molar-refractivity contribution in [3.8, 4) is 22.5 Å². The monoisotopic (exact) mass is 529 g/mol.